The Morgan fingerprint density at radius 1 is 1.42 bits per heavy atom. The first-order chi connectivity index (χ1) is 9.02. The lowest BCUT2D eigenvalue weighted by Crippen LogP contribution is -2.52. The van der Waals surface area contributed by atoms with Gasteiger partial charge in [0.15, 0.2) is 0 Å². The van der Waals surface area contributed by atoms with Crippen LogP contribution in [0, 0.1) is 12.8 Å². The fourth-order valence-electron chi connectivity index (χ4n) is 3.16. The molecule has 0 amide bonds. The minimum Gasteiger partial charge on any atom is -0.368 e. The smallest absolute Gasteiger partial charge is 0.129 e. The predicted octanol–water partition coefficient (Wildman–Crippen LogP) is 2.71. The van der Waals surface area contributed by atoms with Gasteiger partial charge in [-0.1, -0.05) is 19.8 Å². The quantitative estimate of drug-likeness (QED) is 0.906. The van der Waals surface area contributed by atoms with Crippen LogP contribution in [-0.2, 0) is 0 Å². The molecule has 1 aromatic heterocycles. The number of nitrogens with one attached hydrogen (secondary N) is 1. The van der Waals surface area contributed by atoms with E-state index in [9.17, 15) is 0 Å². The zero-order chi connectivity index (χ0) is 13.9. The number of anilines is 1. The molecular weight excluding hydrogens is 236 g/mol. The molecule has 106 valence electrons. The van der Waals surface area contributed by atoms with Crippen LogP contribution >= 0.6 is 0 Å². The minimum atomic E-state index is 0.260. The standard InChI is InChI=1S/C15H26N4/c1-12-6-5-7-15(9-12,19(3)4)10-16-14-8-13(2)17-11-18-14/h8,11-12H,5-7,9-10H2,1-4H3,(H,16,17,18). The van der Waals surface area contributed by atoms with Gasteiger partial charge in [-0.05, 0) is 39.8 Å². The molecule has 1 saturated carbocycles. The Bertz CT molecular complexity index is 418. The Hall–Kier alpha value is -1.16. The lowest BCUT2D eigenvalue weighted by molar-refractivity contribution is 0.0881. The van der Waals surface area contributed by atoms with Crippen LogP contribution in [0.5, 0.6) is 0 Å². The highest BCUT2D eigenvalue weighted by atomic mass is 15.2. The summed E-state index contributed by atoms with van der Waals surface area (Å²) in [5.74, 6) is 1.75. The summed E-state index contributed by atoms with van der Waals surface area (Å²) in [5.41, 5.74) is 1.27. The second-order valence-corrected chi connectivity index (χ2v) is 6.22. The molecule has 1 aliphatic rings. The van der Waals surface area contributed by atoms with E-state index in [-0.39, 0.29) is 5.54 Å². The maximum atomic E-state index is 4.29. The zero-order valence-electron chi connectivity index (χ0n) is 12.6. The summed E-state index contributed by atoms with van der Waals surface area (Å²) in [7, 11) is 4.40. The number of aryl methyl sites for hydroxylation is 1. The summed E-state index contributed by atoms with van der Waals surface area (Å²) < 4.78 is 0. The van der Waals surface area contributed by atoms with Crippen LogP contribution in [0.2, 0.25) is 0 Å². The maximum absolute atomic E-state index is 4.29. The molecule has 0 radical (unpaired) electrons. The van der Waals surface area contributed by atoms with E-state index in [1.165, 1.54) is 25.7 Å². The number of nitrogens with zero attached hydrogens (tertiary/aromatic N) is 3. The van der Waals surface area contributed by atoms with Crippen LogP contribution in [0.4, 0.5) is 5.82 Å². The van der Waals surface area contributed by atoms with E-state index < -0.39 is 0 Å². The molecule has 0 bridgehead atoms. The summed E-state index contributed by atoms with van der Waals surface area (Å²) in [6, 6.07) is 2.01. The number of hydrogen-bond donors (Lipinski definition) is 1. The number of aromatic nitrogens is 2. The van der Waals surface area contributed by atoms with Gasteiger partial charge in [0.25, 0.3) is 0 Å². The number of hydrogen-bond acceptors (Lipinski definition) is 4. The molecule has 2 atom stereocenters. The molecule has 2 unspecified atom stereocenters. The fourth-order valence-corrected chi connectivity index (χ4v) is 3.16. The number of rotatable bonds is 4. The minimum absolute atomic E-state index is 0.260. The van der Waals surface area contributed by atoms with Crippen molar-refractivity contribution in [1.82, 2.24) is 14.9 Å². The average molecular weight is 262 g/mol. The van der Waals surface area contributed by atoms with Gasteiger partial charge >= 0.3 is 0 Å². The summed E-state index contributed by atoms with van der Waals surface area (Å²) >= 11 is 0. The summed E-state index contributed by atoms with van der Waals surface area (Å²) in [5, 5.41) is 3.51. The van der Waals surface area contributed by atoms with Gasteiger partial charge in [-0.2, -0.15) is 0 Å². The third kappa shape index (κ3) is 3.44. The average Bonchev–Trinajstić information content (AvgIpc) is 2.36. The van der Waals surface area contributed by atoms with Gasteiger partial charge in [-0.25, -0.2) is 9.97 Å². The Balaban J connectivity index is 2.05. The van der Waals surface area contributed by atoms with Crippen LogP contribution in [0.25, 0.3) is 0 Å². The summed E-state index contributed by atoms with van der Waals surface area (Å²) in [4.78, 5) is 10.8. The molecule has 1 N–H and O–H groups in total. The molecule has 1 fully saturated rings. The molecule has 1 aliphatic carbocycles. The third-order valence-electron chi connectivity index (χ3n) is 4.42. The first-order valence-electron chi connectivity index (χ1n) is 7.22. The largest absolute Gasteiger partial charge is 0.368 e. The van der Waals surface area contributed by atoms with E-state index in [0.717, 1.165) is 24.0 Å². The Labute approximate surface area is 116 Å². The lowest BCUT2D eigenvalue weighted by atomic mass is 9.75. The van der Waals surface area contributed by atoms with E-state index >= 15 is 0 Å². The molecule has 2 rings (SSSR count). The van der Waals surface area contributed by atoms with Gasteiger partial charge in [0, 0.05) is 23.8 Å². The van der Waals surface area contributed by atoms with E-state index in [1.54, 1.807) is 6.33 Å². The van der Waals surface area contributed by atoms with Crippen molar-refractivity contribution in [3.05, 3.63) is 18.1 Å². The van der Waals surface area contributed by atoms with Crippen molar-refractivity contribution in [2.75, 3.05) is 26.0 Å². The van der Waals surface area contributed by atoms with Crippen LogP contribution in [0.1, 0.15) is 38.3 Å². The van der Waals surface area contributed by atoms with Gasteiger partial charge in [0.05, 0.1) is 0 Å². The van der Waals surface area contributed by atoms with Gasteiger partial charge in [0.2, 0.25) is 0 Å². The first-order valence-corrected chi connectivity index (χ1v) is 7.22. The van der Waals surface area contributed by atoms with E-state index in [0.29, 0.717) is 0 Å². The summed E-state index contributed by atoms with van der Waals surface area (Å²) in [6.07, 6.45) is 6.84. The van der Waals surface area contributed by atoms with Crippen LogP contribution in [0.3, 0.4) is 0 Å². The summed E-state index contributed by atoms with van der Waals surface area (Å²) in [6.45, 7) is 5.32. The SMILES string of the molecule is Cc1cc(NCC2(N(C)C)CCCC(C)C2)ncn1. The zero-order valence-corrected chi connectivity index (χ0v) is 12.6. The van der Waals surface area contributed by atoms with Crippen molar-refractivity contribution in [2.45, 2.75) is 45.1 Å². The van der Waals surface area contributed by atoms with Gasteiger partial charge in [-0.3, -0.25) is 0 Å². The van der Waals surface area contributed by atoms with Crippen LogP contribution in [0.15, 0.2) is 12.4 Å². The highest BCUT2D eigenvalue weighted by molar-refractivity contribution is 5.35. The maximum Gasteiger partial charge on any atom is 0.129 e. The van der Waals surface area contributed by atoms with Crippen molar-refractivity contribution in [1.29, 1.82) is 0 Å². The molecule has 1 heterocycles. The topological polar surface area (TPSA) is 41.0 Å². The normalized spacial score (nSPS) is 27.5. The molecule has 0 spiro atoms. The second kappa shape index (κ2) is 5.87. The van der Waals surface area contributed by atoms with Crippen molar-refractivity contribution in [2.24, 2.45) is 5.92 Å². The molecule has 0 aromatic carbocycles. The molecule has 19 heavy (non-hydrogen) atoms. The van der Waals surface area contributed by atoms with Crippen molar-refractivity contribution in [3.8, 4) is 0 Å². The van der Waals surface area contributed by atoms with E-state index in [4.69, 9.17) is 0 Å². The third-order valence-corrected chi connectivity index (χ3v) is 4.42. The fraction of sp³-hybridized carbons (Fsp3) is 0.733. The first kappa shape index (κ1) is 14.3. The lowest BCUT2D eigenvalue weighted by Gasteiger charge is -2.45. The van der Waals surface area contributed by atoms with Crippen molar-refractivity contribution < 1.29 is 0 Å². The van der Waals surface area contributed by atoms with Crippen molar-refractivity contribution >= 4 is 5.82 Å². The van der Waals surface area contributed by atoms with Gasteiger partial charge in [-0.15, -0.1) is 0 Å². The van der Waals surface area contributed by atoms with Gasteiger partial charge in [0.1, 0.15) is 12.1 Å². The number of likely N-dealkylation sites (N-methyl/N-ethyl adjacent to an activating group) is 1. The molecule has 1 aromatic rings. The highest BCUT2D eigenvalue weighted by Gasteiger charge is 2.36. The van der Waals surface area contributed by atoms with Gasteiger partial charge < -0.3 is 10.2 Å². The van der Waals surface area contributed by atoms with Crippen LogP contribution in [-0.4, -0.2) is 41.0 Å². The second-order valence-electron chi connectivity index (χ2n) is 6.22. The molecular formula is C15H26N4. The molecule has 0 aliphatic heterocycles. The Morgan fingerprint density at radius 3 is 2.84 bits per heavy atom. The predicted molar refractivity (Wildman–Crippen MR) is 79.3 cm³/mol. The molecule has 0 saturated heterocycles. The molecule has 4 heteroatoms. The monoisotopic (exact) mass is 262 g/mol. The van der Waals surface area contributed by atoms with E-state index in [2.05, 4.69) is 41.2 Å². The van der Waals surface area contributed by atoms with E-state index in [1.807, 2.05) is 13.0 Å². The Kier molecular flexibility index (Phi) is 4.40. The van der Waals surface area contributed by atoms with Crippen LogP contribution < -0.4 is 5.32 Å². The van der Waals surface area contributed by atoms with Crippen molar-refractivity contribution in [3.63, 3.8) is 0 Å². The molecule has 4 nitrogen and oxygen atoms in total. The Morgan fingerprint density at radius 2 is 2.21 bits per heavy atom. The highest BCUT2D eigenvalue weighted by Crippen LogP contribution is 2.35.